The number of carbonyl (C=O) groups excluding carboxylic acids is 1. The van der Waals surface area contributed by atoms with Crippen LogP contribution in [0.15, 0.2) is 0 Å². The summed E-state index contributed by atoms with van der Waals surface area (Å²) in [5.74, 6) is -4.94. The van der Waals surface area contributed by atoms with Crippen LogP contribution in [-0.2, 0) is 4.79 Å². The van der Waals surface area contributed by atoms with E-state index in [1.807, 2.05) is 6.92 Å². The lowest BCUT2D eigenvalue weighted by Gasteiger charge is -2.22. The number of halogens is 3. The Morgan fingerprint density at radius 2 is 1.65 bits per heavy atom. The molecule has 7 heteroatoms. The van der Waals surface area contributed by atoms with Crippen LogP contribution in [0.3, 0.4) is 0 Å². The number of esters is 1. The zero-order chi connectivity index (χ0) is 15.7. The van der Waals surface area contributed by atoms with Gasteiger partial charge in [0.15, 0.2) is 17.4 Å². The molecule has 1 aromatic carbocycles. The molecular formula is C13H17B2F3O2. The predicted molar refractivity (Wildman–Crippen MR) is 77.0 cm³/mol. The van der Waals surface area contributed by atoms with Gasteiger partial charge in [-0.05, 0) is 31.2 Å². The third kappa shape index (κ3) is 3.02. The first-order chi connectivity index (χ1) is 9.13. The fourth-order valence-corrected chi connectivity index (χ4v) is 1.99. The summed E-state index contributed by atoms with van der Waals surface area (Å²) in [7, 11) is 2.38. The van der Waals surface area contributed by atoms with Gasteiger partial charge in [0.1, 0.15) is 21.5 Å². The van der Waals surface area contributed by atoms with Crippen LogP contribution >= 0.6 is 0 Å². The van der Waals surface area contributed by atoms with Gasteiger partial charge in [0, 0.05) is 0 Å². The molecule has 0 N–H and O–H groups in total. The van der Waals surface area contributed by atoms with E-state index in [4.69, 9.17) is 4.74 Å². The zero-order valence-electron chi connectivity index (χ0n) is 12.4. The molecule has 1 rings (SSSR count). The predicted octanol–water partition coefficient (Wildman–Crippen LogP) is 0.352. The van der Waals surface area contributed by atoms with Crippen molar-refractivity contribution < 1.29 is 22.7 Å². The second kappa shape index (κ2) is 5.94. The molecule has 0 bridgehead atoms. The Hall–Kier alpha value is -1.39. The van der Waals surface area contributed by atoms with Crippen molar-refractivity contribution in [2.45, 2.75) is 33.6 Å². The van der Waals surface area contributed by atoms with Crippen molar-refractivity contribution in [3.8, 4) is 5.75 Å². The van der Waals surface area contributed by atoms with Gasteiger partial charge in [-0.3, -0.25) is 4.79 Å². The quantitative estimate of drug-likeness (QED) is 0.345. The highest BCUT2D eigenvalue weighted by Gasteiger charge is 2.31. The highest BCUT2D eigenvalue weighted by molar-refractivity contribution is 6.39. The van der Waals surface area contributed by atoms with Gasteiger partial charge in [-0.1, -0.05) is 13.3 Å². The Morgan fingerprint density at radius 1 is 1.10 bits per heavy atom. The van der Waals surface area contributed by atoms with Gasteiger partial charge in [-0.15, -0.1) is 0 Å². The Balaban J connectivity index is 3.20. The Bertz CT molecular complexity index is 516. The lowest BCUT2D eigenvalue weighted by molar-refractivity contribution is -0.144. The van der Waals surface area contributed by atoms with Crippen LogP contribution in [0.4, 0.5) is 13.2 Å². The van der Waals surface area contributed by atoms with Crippen molar-refractivity contribution in [2.75, 3.05) is 0 Å². The van der Waals surface area contributed by atoms with Gasteiger partial charge < -0.3 is 4.74 Å². The molecule has 20 heavy (non-hydrogen) atoms. The average molecular weight is 284 g/mol. The summed E-state index contributed by atoms with van der Waals surface area (Å²) in [5.41, 5.74) is -1.47. The van der Waals surface area contributed by atoms with Crippen molar-refractivity contribution in [1.29, 1.82) is 0 Å². The summed E-state index contributed by atoms with van der Waals surface area (Å²) in [5, 5.41) is 0. The Kier molecular flexibility index (Phi) is 4.95. The highest BCUT2D eigenvalue weighted by atomic mass is 19.2. The Morgan fingerprint density at radius 3 is 2.15 bits per heavy atom. The van der Waals surface area contributed by atoms with Crippen LogP contribution in [-0.4, -0.2) is 21.7 Å². The zero-order valence-corrected chi connectivity index (χ0v) is 12.4. The van der Waals surface area contributed by atoms with Crippen LogP contribution in [0.25, 0.3) is 0 Å². The molecule has 0 fully saturated rings. The lowest BCUT2D eigenvalue weighted by Crippen LogP contribution is -2.34. The number of carbonyl (C=O) groups is 1. The molecule has 0 unspecified atom stereocenters. The number of rotatable bonds is 4. The molecule has 1 aromatic rings. The number of hydrogen-bond donors (Lipinski definition) is 0. The summed E-state index contributed by atoms with van der Waals surface area (Å²) >= 11 is 0. The second-order valence-electron chi connectivity index (χ2n) is 5.54. The normalized spacial score (nSPS) is 11.5. The highest BCUT2D eigenvalue weighted by Crippen LogP contribution is 2.26. The summed E-state index contributed by atoms with van der Waals surface area (Å²) in [4.78, 5) is 12.0. The third-order valence-electron chi connectivity index (χ3n) is 3.34. The van der Waals surface area contributed by atoms with E-state index >= 15 is 0 Å². The fraction of sp³-hybridized carbons (Fsp3) is 0.462. The summed E-state index contributed by atoms with van der Waals surface area (Å²) in [6.07, 6.45) is 1.27. The topological polar surface area (TPSA) is 26.3 Å². The first-order valence-corrected chi connectivity index (χ1v) is 6.49. The largest absolute Gasteiger partial charge is 0.423 e. The minimum Gasteiger partial charge on any atom is -0.423 e. The van der Waals surface area contributed by atoms with E-state index in [0.29, 0.717) is 6.42 Å². The Labute approximate surface area is 118 Å². The molecule has 0 aliphatic rings. The fourth-order valence-electron chi connectivity index (χ4n) is 1.99. The molecule has 0 radical (unpaired) electrons. The van der Waals surface area contributed by atoms with Gasteiger partial charge in [0.2, 0.25) is 0 Å². The van der Waals surface area contributed by atoms with Gasteiger partial charge in [-0.25, -0.2) is 8.78 Å². The van der Waals surface area contributed by atoms with E-state index < -0.39 is 40.0 Å². The van der Waals surface area contributed by atoms with Gasteiger partial charge in [0.25, 0.3) is 0 Å². The van der Waals surface area contributed by atoms with Gasteiger partial charge in [-0.2, -0.15) is 4.39 Å². The summed E-state index contributed by atoms with van der Waals surface area (Å²) < 4.78 is 46.0. The van der Waals surface area contributed by atoms with E-state index in [-0.39, 0.29) is 5.46 Å². The van der Waals surface area contributed by atoms with E-state index in [0.717, 1.165) is 14.3 Å². The van der Waals surface area contributed by atoms with Crippen LogP contribution in [0.2, 0.25) is 0 Å². The van der Waals surface area contributed by atoms with Crippen molar-refractivity contribution in [3.05, 3.63) is 17.5 Å². The van der Waals surface area contributed by atoms with Crippen molar-refractivity contribution in [2.24, 2.45) is 5.41 Å². The molecule has 0 saturated heterocycles. The van der Waals surface area contributed by atoms with Crippen LogP contribution in [0.1, 0.15) is 33.6 Å². The van der Waals surface area contributed by atoms with E-state index in [9.17, 15) is 18.0 Å². The number of benzene rings is 1. The molecule has 0 heterocycles. The summed E-state index contributed by atoms with van der Waals surface area (Å²) in [6, 6.07) is 0. The van der Waals surface area contributed by atoms with E-state index in [1.165, 1.54) is 7.85 Å². The summed E-state index contributed by atoms with van der Waals surface area (Å²) in [6.45, 7) is 5.19. The molecule has 0 atom stereocenters. The van der Waals surface area contributed by atoms with Gasteiger partial charge >= 0.3 is 5.97 Å². The SMILES string of the molecule is Bc1c(F)c(B)c(OC(=O)C(C)(C)CCC)c(F)c1F. The van der Waals surface area contributed by atoms with Crippen molar-refractivity contribution >= 4 is 32.6 Å². The first kappa shape index (κ1) is 16.7. The van der Waals surface area contributed by atoms with Crippen LogP contribution in [0.5, 0.6) is 5.75 Å². The molecule has 0 aliphatic heterocycles. The average Bonchev–Trinajstić information content (AvgIpc) is 2.38. The van der Waals surface area contributed by atoms with Gasteiger partial charge in [0.05, 0.1) is 5.41 Å². The molecular weight excluding hydrogens is 267 g/mol. The number of ether oxygens (including phenoxy) is 1. The van der Waals surface area contributed by atoms with E-state index in [2.05, 4.69) is 0 Å². The van der Waals surface area contributed by atoms with Crippen LogP contribution < -0.4 is 15.7 Å². The van der Waals surface area contributed by atoms with E-state index in [1.54, 1.807) is 13.8 Å². The van der Waals surface area contributed by atoms with Crippen molar-refractivity contribution in [1.82, 2.24) is 0 Å². The minimum atomic E-state index is -1.33. The molecule has 0 saturated carbocycles. The standard InChI is InChI=1S/C13H17B2F3O2/c1-4-5-13(2,3)12(19)20-11-7(15)8(16)6(14)9(17)10(11)18/h4-5,14-15H2,1-3H3. The second-order valence-corrected chi connectivity index (χ2v) is 5.54. The smallest absolute Gasteiger partial charge is 0.316 e. The van der Waals surface area contributed by atoms with Crippen molar-refractivity contribution in [3.63, 3.8) is 0 Å². The first-order valence-electron chi connectivity index (χ1n) is 6.49. The number of hydrogen-bond acceptors (Lipinski definition) is 2. The molecule has 0 amide bonds. The molecule has 0 aromatic heterocycles. The molecule has 0 spiro atoms. The van der Waals surface area contributed by atoms with Crippen LogP contribution in [0, 0.1) is 22.9 Å². The molecule has 0 aliphatic carbocycles. The maximum Gasteiger partial charge on any atom is 0.316 e. The lowest BCUT2D eigenvalue weighted by atomic mass is 9.84. The third-order valence-corrected chi connectivity index (χ3v) is 3.34. The molecule has 2 nitrogen and oxygen atoms in total. The monoisotopic (exact) mass is 284 g/mol. The minimum absolute atomic E-state index is 0.206. The maximum atomic E-state index is 13.8. The molecule has 108 valence electrons. The maximum absolute atomic E-state index is 13.8.